The maximum atomic E-state index is 5.85. The Bertz CT molecular complexity index is 1030. The summed E-state index contributed by atoms with van der Waals surface area (Å²) in [5.74, 6) is 0.936. The van der Waals surface area contributed by atoms with Crippen molar-refractivity contribution >= 4 is 10.9 Å². The van der Waals surface area contributed by atoms with Crippen molar-refractivity contribution in [3.05, 3.63) is 66.2 Å². The van der Waals surface area contributed by atoms with Crippen molar-refractivity contribution < 1.29 is 4.42 Å². The van der Waals surface area contributed by atoms with Gasteiger partial charge in [-0.1, -0.05) is 57.2 Å². The normalized spacial score (nSPS) is 11.8. The Kier molecular flexibility index (Phi) is 3.61. The summed E-state index contributed by atoms with van der Waals surface area (Å²) in [7, 11) is 0. The Labute approximate surface area is 146 Å². The Balaban J connectivity index is 1.67. The molecule has 0 fully saturated rings. The van der Waals surface area contributed by atoms with Crippen molar-refractivity contribution in [2.45, 2.75) is 26.2 Å². The van der Waals surface area contributed by atoms with Crippen LogP contribution in [-0.4, -0.2) is 15.2 Å². The van der Waals surface area contributed by atoms with Gasteiger partial charge in [-0.25, -0.2) is 4.98 Å². The van der Waals surface area contributed by atoms with E-state index >= 15 is 0 Å². The molecule has 4 heteroatoms. The average molecular weight is 329 g/mol. The summed E-state index contributed by atoms with van der Waals surface area (Å²) in [5.41, 5.74) is 3.89. The van der Waals surface area contributed by atoms with E-state index in [4.69, 9.17) is 4.42 Å². The summed E-state index contributed by atoms with van der Waals surface area (Å²) in [6.07, 6.45) is 0. The fourth-order valence-electron chi connectivity index (χ4n) is 2.74. The molecule has 0 bridgehead atoms. The zero-order chi connectivity index (χ0) is 17.4. The van der Waals surface area contributed by atoms with Gasteiger partial charge in [-0.05, 0) is 35.2 Å². The number of fused-ring (bicyclic) bond motifs is 1. The third kappa shape index (κ3) is 3.03. The molecule has 0 N–H and O–H groups in total. The number of hydrogen-bond donors (Lipinski definition) is 0. The van der Waals surface area contributed by atoms with Crippen LogP contribution in [0.5, 0.6) is 0 Å². The van der Waals surface area contributed by atoms with E-state index in [9.17, 15) is 0 Å². The maximum absolute atomic E-state index is 5.85. The highest BCUT2D eigenvalue weighted by Gasteiger charge is 2.15. The molecule has 124 valence electrons. The number of aromatic nitrogens is 3. The van der Waals surface area contributed by atoms with Crippen LogP contribution >= 0.6 is 0 Å². The summed E-state index contributed by atoms with van der Waals surface area (Å²) in [6, 6.07) is 20.1. The van der Waals surface area contributed by atoms with E-state index in [2.05, 4.69) is 48.1 Å². The lowest BCUT2D eigenvalue weighted by Gasteiger charge is -2.18. The summed E-state index contributed by atoms with van der Waals surface area (Å²) >= 11 is 0. The van der Waals surface area contributed by atoms with Gasteiger partial charge in [-0.3, -0.25) is 0 Å². The molecule has 0 saturated heterocycles. The third-order valence-corrected chi connectivity index (χ3v) is 4.24. The number of pyridine rings is 1. The Morgan fingerprint density at radius 1 is 0.760 bits per heavy atom. The van der Waals surface area contributed by atoms with Crippen LogP contribution in [0.15, 0.2) is 65.1 Å². The largest absolute Gasteiger partial charge is 0.415 e. The zero-order valence-corrected chi connectivity index (χ0v) is 14.5. The van der Waals surface area contributed by atoms with Gasteiger partial charge < -0.3 is 4.42 Å². The molecule has 2 aromatic carbocycles. The van der Waals surface area contributed by atoms with Gasteiger partial charge in [0.1, 0.15) is 5.69 Å². The van der Waals surface area contributed by atoms with Crippen LogP contribution in [0.2, 0.25) is 0 Å². The van der Waals surface area contributed by atoms with Crippen LogP contribution in [-0.2, 0) is 5.41 Å². The quantitative estimate of drug-likeness (QED) is 0.504. The monoisotopic (exact) mass is 329 g/mol. The minimum atomic E-state index is 0.119. The molecule has 0 spiro atoms. The molecule has 4 nitrogen and oxygen atoms in total. The van der Waals surface area contributed by atoms with Gasteiger partial charge in [0.25, 0.3) is 5.89 Å². The van der Waals surface area contributed by atoms with Gasteiger partial charge >= 0.3 is 0 Å². The van der Waals surface area contributed by atoms with Gasteiger partial charge in [0.05, 0.1) is 5.52 Å². The van der Waals surface area contributed by atoms with Gasteiger partial charge in [-0.2, -0.15) is 0 Å². The first kappa shape index (κ1) is 15.5. The predicted molar refractivity (Wildman–Crippen MR) is 99.2 cm³/mol. The smallest absolute Gasteiger partial charge is 0.266 e. The molecule has 0 saturated carbocycles. The first-order valence-corrected chi connectivity index (χ1v) is 8.31. The standard InChI is InChI=1S/C21H19N3O/c1-21(2,3)16-11-8-15(9-12-16)19-23-24-20(25-19)18-13-10-14-6-4-5-7-17(14)22-18/h4-13H,1-3H3. The minimum Gasteiger partial charge on any atom is -0.415 e. The van der Waals surface area contributed by atoms with Crippen LogP contribution < -0.4 is 0 Å². The average Bonchev–Trinajstić information content (AvgIpc) is 3.11. The second-order valence-electron chi connectivity index (χ2n) is 7.13. The second kappa shape index (κ2) is 5.81. The highest BCUT2D eigenvalue weighted by Crippen LogP contribution is 2.27. The van der Waals surface area contributed by atoms with Crippen molar-refractivity contribution in [3.63, 3.8) is 0 Å². The van der Waals surface area contributed by atoms with Crippen molar-refractivity contribution in [3.8, 4) is 23.0 Å². The lowest BCUT2D eigenvalue weighted by molar-refractivity contribution is 0.580. The summed E-state index contributed by atoms with van der Waals surface area (Å²) in [4.78, 5) is 4.60. The van der Waals surface area contributed by atoms with Crippen molar-refractivity contribution in [1.82, 2.24) is 15.2 Å². The van der Waals surface area contributed by atoms with E-state index < -0.39 is 0 Å². The van der Waals surface area contributed by atoms with Crippen molar-refractivity contribution in [1.29, 1.82) is 0 Å². The Morgan fingerprint density at radius 2 is 1.48 bits per heavy atom. The number of rotatable bonds is 2. The van der Waals surface area contributed by atoms with Gasteiger partial charge in [0.15, 0.2) is 0 Å². The molecule has 0 aliphatic heterocycles. The number of hydrogen-bond acceptors (Lipinski definition) is 4. The van der Waals surface area contributed by atoms with Gasteiger partial charge in [0.2, 0.25) is 5.89 Å². The van der Waals surface area contributed by atoms with E-state index in [1.807, 2.05) is 48.5 Å². The number of para-hydroxylation sites is 1. The number of benzene rings is 2. The third-order valence-electron chi connectivity index (χ3n) is 4.24. The Hall–Kier alpha value is -3.01. The molecule has 0 aliphatic rings. The highest BCUT2D eigenvalue weighted by molar-refractivity contribution is 5.80. The second-order valence-corrected chi connectivity index (χ2v) is 7.13. The molecule has 2 aromatic heterocycles. The predicted octanol–water partition coefficient (Wildman–Crippen LogP) is 5.25. The molecular weight excluding hydrogens is 310 g/mol. The van der Waals surface area contributed by atoms with Gasteiger partial charge in [-0.15, -0.1) is 10.2 Å². The SMILES string of the molecule is CC(C)(C)c1ccc(-c2nnc(-c3ccc4ccccc4n3)o2)cc1. The van der Waals surface area contributed by atoms with Crippen LogP contribution in [0, 0.1) is 0 Å². The molecule has 25 heavy (non-hydrogen) atoms. The zero-order valence-electron chi connectivity index (χ0n) is 14.5. The van der Waals surface area contributed by atoms with E-state index in [0.29, 0.717) is 17.5 Å². The van der Waals surface area contributed by atoms with E-state index in [1.165, 1.54) is 5.56 Å². The molecule has 0 unspecified atom stereocenters. The van der Waals surface area contributed by atoms with Gasteiger partial charge in [0, 0.05) is 10.9 Å². The minimum absolute atomic E-state index is 0.119. The highest BCUT2D eigenvalue weighted by atomic mass is 16.4. The molecule has 0 atom stereocenters. The Morgan fingerprint density at radius 3 is 2.24 bits per heavy atom. The first-order valence-electron chi connectivity index (χ1n) is 8.31. The maximum Gasteiger partial charge on any atom is 0.266 e. The molecule has 0 radical (unpaired) electrons. The van der Waals surface area contributed by atoms with Crippen LogP contribution in [0.1, 0.15) is 26.3 Å². The topological polar surface area (TPSA) is 51.8 Å². The van der Waals surface area contributed by atoms with Crippen LogP contribution in [0.3, 0.4) is 0 Å². The summed E-state index contributed by atoms with van der Waals surface area (Å²) in [6.45, 7) is 6.58. The molecular formula is C21H19N3O. The first-order chi connectivity index (χ1) is 12.0. The number of nitrogens with zero attached hydrogens (tertiary/aromatic N) is 3. The van der Waals surface area contributed by atoms with E-state index in [0.717, 1.165) is 16.5 Å². The molecule has 4 aromatic rings. The lowest BCUT2D eigenvalue weighted by atomic mass is 9.87. The summed E-state index contributed by atoms with van der Waals surface area (Å²) in [5, 5.41) is 9.43. The fourth-order valence-corrected chi connectivity index (χ4v) is 2.74. The van der Waals surface area contributed by atoms with Crippen LogP contribution in [0.4, 0.5) is 0 Å². The van der Waals surface area contributed by atoms with Crippen molar-refractivity contribution in [2.75, 3.05) is 0 Å². The van der Waals surface area contributed by atoms with Crippen LogP contribution in [0.25, 0.3) is 33.9 Å². The summed E-state index contributed by atoms with van der Waals surface area (Å²) < 4.78 is 5.85. The molecule has 0 aliphatic carbocycles. The molecule has 4 rings (SSSR count). The molecule has 2 heterocycles. The fraction of sp³-hybridized carbons (Fsp3) is 0.190. The lowest BCUT2D eigenvalue weighted by Crippen LogP contribution is -2.10. The van der Waals surface area contributed by atoms with Crippen molar-refractivity contribution in [2.24, 2.45) is 0 Å². The van der Waals surface area contributed by atoms with E-state index in [1.54, 1.807) is 0 Å². The van der Waals surface area contributed by atoms with E-state index in [-0.39, 0.29) is 5.41 Å². The molecule has 0 amide bonds.